The van der Waals surface area contributed by atoms with Crippen molar-refractivity contribution in [3.8, 4) is 0 Å². The number of hydrogen-bond donors (Lipinski definition) is 3. The van der Waals surface area contributed by atoms with Gasteiger partial charge in [0.05, 0.1) is 7.11 Å². The van der Waals surface area contributed by atoms with Gasteiger partial charge in [-0.1, -0.05) is 60.7 Å². The lowest BCUT2D eigenvalue weighted by atomic mass is 10.0. The monoisotopic (exact) mass is 531 g/mol. The summed E-state index contributed by atoms with van der Waals surface area (Å²) in [4.78, 5) is 43.3. The van der Waals surface area contributed by atoms with Crippen LogP contribution in [0.1, 0.15) is 17.5 Å². The summed E-state index contributed by atoms with van der Waals surface area (Å²) in [5.74, 6) is -1.18. The second-order valence-electron chi connectivity index (χ2n) is 7.54. The Balaban J connectivity index is 1.67. The predicted octanol–water partition coefficient (Wildman–Crippen LogP) is 2.71. The van der Waals surface area contributed by atoms with Crippen LogP contribution >= 0.6 is 15.9 Å². The number of ether oxygens (including phenoxy) is 2. The Morgan fingerprint density at radius 2 is 1.65 bits per heavy atom. The highest BCUT2D eigenvalue weighted by Gasteiger charge is 2.31. The summed E-state index contributed by atoms with van der Waals surface area (Å²) in [6, 6.07) is 16.4. The molecule has 3 rings (SSSR count). The molecule has 1 heterocycles. The normalized spacial score (nSPS) is 16.4. The lowest BCUT2D eigenvalue weighted by Crippen LogP contribution is -2.53. The fraction of sp³-hybridized carbons (Fsp3) is 0.292. The number of benzene rings is 2. The molecule has 34 heavy (non-hydrogen) atoms. The summed E-state index contributed by atoms with van der Waals surface area (Å²) in [6.07, 6.45) is 0.855. The number of rotatable bonds is 10. The van der Waals surface area contributed by atoms with Gasteiger partial charge in [0.1, 0.15) is 29.4 Å². The zero-order chi connectivity index (χ0) is 24.3. The maximum atomic E-state index is 13.2. The van der Waals surface area contributed by atoms with Crippen LogP contribution in [-0.4, -0.2) is 43.3 Å². The van der Waals surface area contributed by atoms with Crippen molar-refractivity contribution in [2.75, 3.05) is 7.11 Å². The van der Waals surface area contributed by atoms with Crippen molar-refractivity contribution in [2.24, 2.45) is 0 Å². The van der Waals surface area contributed by atoms with Gasteiger partial charge < -0.3 is 20.1 Å². The summed E-state index contributed by atoms with van der Waals surface area (Å²) < 4.78 is 10.7. The van der Waals surface area contributed by atoms with Crippen LogP contribution in [0.15, 0.2) is 71.3 Å². The molecule has 2 aromatic carbocycles. The Kier molecular flexibility index (Phi) is 9.48. The zero-order valence-corrected chi connectivity index (χ0v) is 20.1. The van der Waals surface area contributed by atoms with E-state index >= 15 is 0 Å². The molecule has 0 saturated heterocycles. The van der Waals surface area contributed by atoms with Gasteiger partial charge in [-0.25, -0.2) is 9.59 Å². The van der Waals surface area contributed by atoms with Crippen LogP contribution in [0.3, 0.4) is 0 Å². The Morgan fingerprint density at radius 3 is 2.24 bits per heavy atom. The number of hydroxylamine groups is 1. The standard InChI is InChI=1S/C24H26BrN3O6/c1-32-23(30)20(13-18-14-21(25)28-34-18)26-22(29)19(12-16-8-4-2-5-9-16)27-24(31)33-15-17-10-6-3-7-11-17/h2-11,14,18-20,28H,12-13,15H2,1H3,(H,26,29)(H,27,31)/t18?,19-,20-/m0/s1. The third-order valence-electron chi connectivity index (χ3n) is 5.01. The molecule has 0 spiro atoms. The molecule has 0 bridgehead atoms. The maximum Gasteiger partial charge on any atom is 0.408 e. The van der Waals surface area contributed by atoms with Crippen LogP contribution in [0, 0.1) is 0 Å². The van der Waals surface area contributed by atoms with E-state index in [1.165, 1.54) is 7.11 Å². The molecule has 10 heteroatoms. The highest BCUT2D eigenvalue weighted by Crippen LogP contribution is 2.17. The summed E-state index contributed by atoms with van der Waals surface area (Å²) in [5, 5.41) is 5.28. The molecule has 0 aromatic heterocycles. The molecule has 1 aliphatic heterocycles. The Labute approximate surface area is 205 Å². The molecule has 9 nitrogen and oxygen atoms in total. The maximum absolute atomic E-state index is 13.2. The van der Waals surface area contributed by atoms with Crippen LogP contribution in [0.25, 0.3) is 0 Å². The Morgan fingerprint density at radius 1 is 1.00 bits per heavy atom. The molecular weight excluding hydrogens is 506 g/mol. The fourth-order valence-corrected chi connectivity index (χ4v) is 3.69. The molecule has 0 fully saturated rings. The van der Waals surface area contributed by atoms with Crippen LogP contribution in [0.2, 0.25) is 0 Å². The number of esters is 1. The first-order chi connectivity index (χ1) is 16.4. The van der Waals surface area contributed by atoms with E-state index in [1.807, 2.05) is 60.7 Å². The Hall–Kier alpha value is -3.37. The van der Waals surface area contributed by atoms with Crippen LogP contribution in [0.5, 0.6) is 0 Å². The lowest BCUT2D eigenvalue weighted by Gasteiger charge is -2.23. The summed E-state index contributed by atoms with van der Waals surface area (Å²) in [6.45, 7) is 0.0599. The second-order valence-corrected chi connectivity index (χ2v) is 8.40. The molecule has 2 aromatic rings. The average Bonchev–Trinajstić information content (AvgIpc) is 3.27. The number of methoxy groups -OCH3 is 1. The minimum Gasteiger partial charge on any atom is -0.467 e. The number of halogens is 1. The molecule has 2 amide bonds. The molecule has 0 aliphatic carbocycles. The number of alkyl carbamates (subject to hydrolysis) is 1. The summed E-state index contributed by atoms with van der Waals surface area (Å²) in [7, 11) is 1.24. The van der Waals surface area contributed by atoms with Gasteiger partial charge in [-0.05, 0) is 33.1 Å². The smallest absolute Gasteiger partial charge is 0.408 e. The highest BCUT2D eigenvalue weighted by atomic mass is 79.9. The van der Waals surface area contributed by atoms with Crippen LogP contribution in [-0.2, 0) is 36.9 Å². The van der Waals surface area contributed by atoms with Crippen LogP contribution in [0.4, 0.5) is 4.79 Å². The van der Waals surface area contributed by atoms with Gasteiger partial charge in [0.25, 0.3) is 0 Å². The SMILES string of the molecule is COC(=O)[C@H](CC1C=C(Br)NO1)NC(=O)[C@H](Cc1ccccc1)NC(=O)OCc1ccccc1. The summed E-state index contributed by atoms with van der Waals surface area (Å²) in [5.41, 5.74) is 4.28. The third-order valence-corrected chi connectivity index (χ3v) is 5.44. The average molecular weight is 532 g/mol. The van der Waals surface area contributed by atoms with Crippen molar-refractivity contribution in [2.45, 2.75) is 37.6 Å². The van der Waals surface area contributed by atoms with Gasteiger partial charge in [-0.3, -0.25) is 15.1 Å². The molecule has 1 unspecified atom stereocenters. The number of amides is 2. The minimum absolute atomic E-state index is 0.0599. The quantitative estimate of drug-likeness (QED) is 0.319. The molecule has 1 aliphatic rings. The van der Waals surface area contributed by atoms with E-state index in [0.717, 1.165) is 11.1 Å². The molecule has 180 valence electrons. The van der Waals surface area contributed by atoms with Crippen molar-refractivity contribution < 1.29 is 28.7 Å². The molecular formula is C24H26BrN3O6. The topological polar surface area (TPSA) is 115 Å². The van der Waals surface area contributed by atoms with E-state index in [-0.39, 0.29) is 19.4 Å². The zero-order valence-electron chi connectivity index (χ0n) is 18.5. The highest BCUT2D eigenvalue weighted by molar-refractivity contribution is 9.11. The molecule has 3 N–H and O–H groups in total. The van der Waals surface area contributed by atoms with Gasteiger partial charge in [-0.15, -0.1) is 0 Å². The first-order valence-electron chi connectivity index (χ1n) is 10.6. The van der Waals surface area contributed by atoms with Crippen molar-refractivity contribution in [3.63, 3.8) is 0 Å². The van der Waals surface area contributed by atoms with E-state index in [1.54, 1.807) is 6.08 Å². The number of carbonyl (C=O) groups excluding carboxylic acids is 3. The molecule has 0 radical (unpaired) electrons. The second kappa shape index (κ2) is 12.8. The number of carbonyl (C=O) groups is 3. The molecule has 0 saturated carbocycles. The minimum atomic E-state index is -0.987. The van der Waals surface area contributed by atoms with Gasteiger partial charge in [0, 0.05) is 12.8 Å². The lowest BCUT2D eigenvalue weighted by molar-refractivity contribution is -0.146. The van der Waals surface area contributed by atoms with Crippen LogP contribution < -0.4 is 16.1 Å². The van der Waals surface area contributed by atoms with Gasteiger partial charge in [0.15, 0.2) is 0 Å². The largest absolute Gasteiger partial charge is 0.467 e. The van der Waals surface area contributed by atoms with E-state index < -0.39 is 36.2 Å². The number of hydrogen-bond acceptors (Lipinski definition) is 7. The third kappa shape index (κ3) is 7.89. The molecule has 3 atom stereocenters. The van der Waals surface area contributed by atoms with Gasteiger partial charge in [-0.2, -0.15) is 0 Å². The number of nitrogens with one attached hydrogen (secondary N) is 3. The fourth-order valence-electron chi connectivity index (χ4n) is 3.31. The van der Waals surface area contributed by atoms with E-state index in [2.05, 4.69) is 32.0 Å². The predicted molar refractivity (Wildman–Crippen MR) is 127 cm³/mol. The van der Waals surface area contributed by atoms with Crippen molar-refractivity contribution in [1.82, 2.24) is 16.1 Å². The van der Waals surface area contributed by atoms with Crippen molar-refractivity contribution >= 4 is 33.9 Å². The van der Waals surface area contributed by atoms with E-state index in [4.69, 9.17) is 14.3 Å². The van der Waals surface area contributed by atoms with E-state index in [9.17, 15) is 14.4 Å². The first kappa shape index (κ1) is 25.3. The van der Waals surface area contributed by atoms with Gasteiger partial charge in [0.2, 0.25) is 5.91 Å². The van der Waals surface area contributed by atoms with Crippen molar-refractivity contribution in [3.05, 3.63) is 82.5 Å². The summed E-state index contributed by atoms with van der Waals surface area (Å²) >= 11 is 3.25. The van der Waals surface area contributed by atoms with E-state index in [0.29, 0.717) is 4.61 Å². The first-order valence-corrected chi connectivity index (χ1v) is 11.4. The Bertz CT molecular complexity index is 1000. The van der Waals surface area contributed by atoms with Crippen molar-refractivity contribution in [1.29, 1.82) is 0 Å². The van der Waals surface area contributed by atoms with Gasteiger partial charge >= 0.3 is 12.1 Å².